The van der Waals surface area contributed by atoms with Gasteiger partial charge in [0.05, 0.1) is 6.61 Å². The highest BCUT2D eigenvalue weighted by Gasteiger charge is 2.20. The molecule has 0 N–H and O–H groups in total. The van der Waals surface area contributed by atoms with Gasteiger partial charge in [0.25, 0.3) is 0 Å². The molecule has 1 aromatic rings. The van der Waals surface area contributed by atoms with Gasteiger partial charge in [-0.25, -0.2) is 4.39 Å². The lowest BCUT2D eigenvalue weighted by Crippen LogP contribution is -2.06. The molecule has 1 aromatic carbocycles. The Morgan fingerprint density at radius 2 is 1.96 bits per heavy atom. The molecule has 0 spiro atoms. The summed E-state index contributed by atoms with van der Waals surface area (Å²) >= 11 is 0. The molecular formula is C21H28F2O. The first-order valence-electron chi connectivity index (χ1n) is 9.10. The molecule has 0 aliphatic heterocycles. The van der Waals surface area contributed by atoms with Crippen LogP contribution in [0.4, 0.5) is 8.78 Å². The Bertz CT molecular complexity index is 577. The molecule has 0 saturated heterocycles. The van der Waals surface area contributed by atoms with Crippen LogP contribution in [-0.2, 0) is 0 Å². The molecule has 132 valence electrons. The minimum absolute atomic E-state index is 0.0205. The highest BCUT2D eigenvalue weighted by molar-refractivity contribution is 5.67. The van der Waals surface area contributed by atoms with Crippen molar-refractivity contribution in [3.63, 3.8) is 0 Å². The van der Waals surface area contributed by atoms with E-state index >= 15 is 0 Å². The third-order valence-corrected chi connectivity index (χ3v) is 4.68. The highest BCUT2D eigenvalue weighted by Crippen LogP contribution is 2.34. The van der Waals surface area contributed by atoms with Gasteiger partial charge in [-0.05, 0) is 49.3 Å². The van der Waals surface area contributed by atoms with Crippen molar-refractivity contribution in [1.29, 1.82) is 0 Å². The number of benzene rings is 1. The van der Waals surface area contributed by atoms with Gasteiger partial charge in [-0.3, -0.25) is 0 Å². The van der Waals surface area contributed by atoms with Crippen LogP contribution in [0.1, 0.15) is 63.9 Å². The molecule has 0 saturated carbocycles. The van der Waals surface area contributed by atoms with Crippen LogP contribution < -0.4 is 4.74 Å². The van der Waals surface area contributed by atoms with Gasteiger partial charge in [0.2, 0.25) is 5.82 Å². The second kappa shape index (κ2) is 9.61. The number of halogens is 2. The molecule has 1 aliphatic rings. The maximum absolute atomic E-state index is 14.4. The van der Waals surface area contributed by atoms with Crippen LogP contribution in [0.25, 0.3) is 5.57 Å². The van der Waals surface area contributed by atoms with Gasteiger partial charge in [-0.1, -0.05) is 44.8 Å². The van der Waals surface area contributed by atoms with Crippen molar-refractivity contribution < 1.29 is 13.5 Å². The number of allylic oxidation sites excluding steroid dienone is 3. The maximum Gasteiger partial charge on any atom is 0.201 e. The summed E-state index contributed by atoms with van der Waals surface area (Å²) in [6.07, 6.45) is 12.0. The molecule has 0 bridgehead atoms. The first-order valence-corrected chi connectivity index (χ1v) is 9.10. The van der Waals surface area contributed by atoms with Gasteiger partial charge < -0.3 is 4.74 Å². The first kappa shape index (κ1) is 18.7. The van der Waals surface area contributed by atoms with Gasteiger partial charge in [-0.2, -0.15) is 4.39 Å². The molecule has 3 heteroatoms. The van der Waals surface area contributed by atoms with E-state index in [9.17, 15) is 8.78 Å². The standard InChI is InChI=1S/C21H28F2O/c1-3-5-6-7-8-15-24-19-14-13-18(20(22)21(19)23)17-11-9-16(4-2)10-12-17/h4,11,13-14,16H,2-3,5-10,12,15H2,1H3. The topological polar surface area (TPSA) is 9.23 Å². The maximum atomic E-state index is 14.4. The zero-order valence-electron chi connectivity index (χ0n) is 14.6. The average molecular weight is 334 g/mol. The van der Waals surface area contributed by atoms with Crippen LogP contribution in [0.5, 0.6) is 5.75 Å². The Morgan fingerprint density at radius 3 is 2.62 bits per heavy atom. The fourth-order valence-corrected chi connectivity index (χ4v) is 3.09. The van der Waals surface area contributed by atoms with Crippen LogP contribution in [0.3, 0.4) is 0 Å². The number of rotatable bonds is 9. The largest absolute Gasteiger partial charge is 0.490 e. The SMILES string of the molecule is C=CC1CC=C(c2ccc(OCCCCCCC)c(F)c2F)CC1. The van der Waals surface area contributed by atoms with Crippen molar-refractivity contribution in [3.05, 3.63) is 48.1 Å². The Balaban J connectivity index is 1.96. The molecule has 1 unspecified atom stereocenters. The zero-order valence-corrected chi connectivity index (χ0v) is 14.6. The molecule has 0 amide bonds. The van der Waals surface area contributed by atoms with E-state index in [2.05, 4.69) is 13.5 Å². The van der Waals surface area contributed by atoms with Crippen molar-refractivity contribution in [2.75, 3.05) is 6.61 Å². The Hall–Kier alpha value is -1.64. The van der Waals surface area contributed by atoms with Crippen molar-refractivity contribution in [1.82, 2.24) is 0 Å². The van der Waals surface area contributed by atoms with Crippen molar-refractivity contribution >= 4 is 5.57 Å². The van der Waals surface area contributed by atoms with Crippen LogP contribution >= 0.6 is 0 Å². The molecule has 0 fully saturated rings. The van der Waals surface area contributed by atoms with Gasteiger partial charge in [-0.15, -0.1) is 6.58 Å². The molecule has 1 atom stereocenters. The minimum atomic E-state index is -0.868. The van der Waals surface area contributed by atoms with Crippen molar-refractivity contribution in [2.45, 2.75) is 58.3 Å². The predicted molar refractivity (Wildman–Crippen MR) is 96.1 cm³/mol. The van der Waals surface area contributed by atoms with E-state index in [4.69, 9.17) is 4.74 Å². The molecule has 0 radical (unpaired) electrons. The molecule has 0 heterocycles. The molecular weight excluding hydrogens is 306 g/mol. The fourth-order valence-electron chi connectivity index (χ4n) is 3.09. The third-order valence-electron chi connectivity index (χ3n) is 4.68. The van der Waals surface area contributed by atoms with E-state index in [1.54, 1.807) is 12.1 Å². The number of hydrogen-bond acceptors (Lipinski definition) is 1. The van der Waals surface area contributed by atoms with Crippen LogP contribution in [0.2, 0.25) is 0 Å². The highest BCUT2D eigenvalue weighted by atomic mass is 19.2. The van der Waals surface area contributed by atoms with Crippen molar-refractivity contribution in [2.24, 2.45) is 5.92 Å². The monoisotopic (exact) mass is 334 g/mol. The summed E-state index contributed by atoms with van der Waals surface area (Å²) in [5.41, 5.74) is 1.25. The number of unbranched alkanes of at least 4 members (excludes halogenated alkanes) is 4. The lowest BCUT2D eigenvalue weighted by Gasteiger charge is -2.20. The second-order valence-corrected chi connectivity index (χ2v) is 6.50. The molecule has 0 aromatic heterocycles. The third kappa shape index (κ3) is 4.93. The summed E-state index contributed by atoms with van der Waals surface area (Å²) in [5, 5.41) is 0. The molecule has 24 heavy (non-hydrogen) atoms. The van der Waals surface area contributed by atoms with E-state index in [0.29, 0.717) is 18.1 Å². The second-order valence-electron chi connectivity index (χ2n) is 6.50. The molecule has 1 nitrogen and oxygen atoms in total. The summed E-state index contributed by atoms with van der Waals surface area (Å²) in [6.45, 7) is 6.39. The van der Waals surface area contributed by atoms with Gasteiger partial charge in [0, 0.05) is 5.56 Å². The summed E-state index contributed by atoms with van der Waals surface area (Å²) in [6, 6.07) is 3.20. The lowest BCUT2D eigenvalue weighted by molar-refractivity contribution is 0.285. The summed E-state index contributed by atoms with van der Waals surface area (Å²) in [7, 11) is 0. The summed E-state index contributed by atoms with van der Waals surface area (Å²) in [4.78, 5) is 0. The summed E-state index contributed by atoms with van der Waals surface area (Å²) < 4.78 is 34.1. The first-order chi connectivity index (χ1) is 11.7. The Labute approximate surface area is 144 Å². The number of hydrogen-bond donors (Lipinski definition) is 0. The van der Waals surface area contributed by atoms with E-state index in [0.717, 1.165) is 44.1 Å². The average Bonchev–Trinajstić information content (AvgIpc) is 2.61. The normalized spacial score (nSPS) is 17.5. The van der Waals surface area contributed by atoms with Crippen LogP contribution in [-0.4, -0.2) is 6.61 Å². The van der Waals surface area contributed by atoms with Crippen LogP contribution in [0, 0.1) is 17.6 Å². The quantitative estimate of drug-likeness (QED) is 0.361. The van der Waals surface area contributed by atoms with E-state index < -0.39 is 11.6 Å². The number of ether oxygens (including phenoxy) is 1. The predicted octanol–water partition coefficient (Wildman–Crippen LogP) is 6.68. The fraction of sp³-hybridized carbons (Fsp3) is 0.524. The smallest absolute Gasteiger partial charge is 0.201 e. The van der Waals surface area contributed by atoms with Gasteiger partial charge in [0.15, 0.2) is 11.6 Å². The van der Waals surface area contributed by atoms with E-state index in [-0.39, 0.29) is 5.75 Å². The van der Waals surface area contributed by atoms with Gasteiger partial charge in [0.1, 0.15) is 0 Å². The zero-order chi connectivity index (χ0) is 17.4. The van der Waals surface area contributed by atoms with Crippen LogP contribution in [0.15, 0.2) is 30.9 Å². The Morgan fingerprint density at radius 1 is 1.17 bits per heavy atom. The minimum Gasteiger partial charge on any atom is -0.490 e. The summed E-state index contributed by atoms with van der Waals surface area (Å²) in [5.74, 6) is -1.20. The van der Waals surface area contributed by atoms with Crippen molar-refractivity contribution in [3.8, 4) is 5.75 Å². The van der Waals surface area contributed by atoms with Gasteiger partial charge >= 0.3 is 0 Å². The Kier molecular flexibility index (Phi) is 7.48. The van der Waals surface area contributed by atoms with E-state index in [1.807, 2.05) is 12.2 Å². The molecule has 2 rings (SSSR count). The molecule has 1 aliphatic carbocycles. The lowest BCUT2D eigenvalue weighted by atomic mass is 9.86. The van der Waals surface area contributed by atoms with E-state index in [1.165, 1.54) is 12.8 Å².